The lowest BCUT2D eigenvalue weighted by Gasteiger charge is -2.17. The van der Waals surface area contributed by atoms with Crippen LogP contribution in [0.1, 0.15) is 37.8 Å². The number of nitrogens with zero attached hydrogens (tertiary/aromatic N) is 4. The third kappa shape index (κ3) is 2.78. The molecule has 1 aliphatic heterocycles. The molecule has 118 valence electrons. The summed E-state index contributed by atoms with van der Waals surface area (Å²) in [5.41, 5.74) is 1.14. The topological polar surface area (TPSA) is 68.1 Å². The van der Waals surface area contributed by atoms with Gasteiger partial charge in [-0.15, -0.1) is 5.10 Å². The second-order valence-corrected chi connectivity index (χ2v) is 7.85. The van der Waals surface area contributed by atoms with E-state index in [0.29, 0.717) is 23.9 Å². The molecule has 2 heterocycles. The Morgan fingerprint density at radius 3 is 2.55 bits per heavy atom. The predicted molar refractivity (Wildman–Crippen MR) is 83.0 cm³/mol. The highest BCUT2D eigenvalue weighted by Gasteiger charge is 2.33. The van der Waals surface area contributed by atoms with Crippen molar-refractivity contribution in [2.45, 2.75) is 37.1 Å². The minimum Gasteiger partial charge on any atom is -0.248 e. The van der Waals surface area contributed by atoms with Gasteiger partial charge in [0.25, 0.3) is 0 Å². The number of hydrogen-bond acceptors (Lipinski definition) is 4. The van der Waals surface area contributed by atoms with Crippen molar-refractivity contribution in [3.05, 3.63) is 42.2 Å². The van der Waals surface area contributed by atoms with Crippen LogP contribution in [0.5, 0.6) is 0 Å². The molecule has 0 saturated carbocycles. The van der Waals surface area contributed by atoms with Crippen molar-refractivity contribution in [1.29, 1.82) is 0 Å². The van der Waals surface area contributed by atoms with Crippen molar-refractivity contribution in [1.82, 2.24) is 19.3 Å². The Hall–Kier alpha value is -1.73. The summed E-state index contributed by atoms with van der Waals surface area (Å²) in [6.07, 6.45) is 4.15. The Bertz CT molecular complexity index is 723. The molecule has 2 aromatic rings. The first kappa shape index (κ1) is 15.2. The van der Waals surface area contributed by atoms with Gasteiger partial charge in [0.1, 0.15) is 0 Å². The molecule has 7 heteroatoms. The molecule has 0 spiro atoms. The molecule has 22 heavy (non-hydrogen) atoms. The zero-order valence-electron chi connectivity index (χ0n) is 12.8. The van der Waals surface area contributed by atoms with E-state index < -0.39 is 10.0 Å². The smallest absolute Gasteiger partial charge is 0.243 e. The summed E-state index contributed by atoms with van der Waals surface area (Å²) in [4.78, 5) is 0.358. The van der Waals surface area contributed by atoms with Crippen LogP contribution in [0.3, 0.4) is 0 Å². The van der Waals surface area contributed by atoms with E-state index in [-0.39, 0.29) is 6.04 Å². The van der Waals surface area contributed by atoms with E-state index in [9.17, 15) is 8.42 Å². The van der Waals surface area contributed by atoms with Crippen LogP contribution >= 0.6 is 0 Å². The molecule has 1 saturated heterocycles. The van der Waals surface area contributed by atoms with Crippen LogP contribution < -0.4 is 0 Å². The van der Waals surface area contributed by atoms with Crippen LogP contribution in [0, 0.1) is 0 Å². The summed E-state index contributed by atoms with van der Waals surface area (Å²) in [5.74, 6) is 0.389. The van der Waals surface area contributed by atoms with E-state index in [1.54, 1.807) is 29.2 Å². The number of sulfonamides is 1. The van der Waals surface area contributed by atoms with Crippen molar-refractivity contribution in [2.24, 2.45) is 0 Å². The van der Waals surface area contributed by atoms with Gasteiger partial charge in [0.05, 0.1) is 17.1 Å². The Kier molecular flexibility index (Phi) is 4.01. The van der Waals surface area contributed by atoms with Gasteiger partial charge in [0.2, 0.25) is 10.0 Å². The van der Waals surface area contributed by atoms with Gasteiger partial charge < -0.3 is 0 Å². The number of hydrogen-bond donors (Lipinski definition) is 0. The average molecular weight is 320 g/mol. The van der Waals surface area contributed by atoms with Crippen molar-refractivity contribution >= 4 is 10.0 Å². The molecule has 6 nitrogen and oxygen atoms in total. The van der Waals surface area contributed by atoms with Crippen molar-refractivity contribution in [3.8, 4) is 0 Å². The summed E-state index contributed by atoms with van der Waals surface area (Å²) in [5, 5.41) is 7.75. The van der Waals surface area contributed by atoms with Crippen molar-refractivity contribution < 1.29 is 8.42 Å². The molecule has 0 bridgehead atoms. The Balaban J connectivity index is 1.79. The summed E-state index contributed by atoms with van der Waals surface area (Å²) in [7, 11) is -3.43. The van der Waals surface area contributed by atoms with Crippen molar-refractivity contribution in [2.75, 3.05) is 13.1 Å². The molecule has 1 atom stereocenters. The highest BCUT2D eigenvalue weighted by atomic mass is 32.2. The second-order valence-electron chi connectivity index (χ2n) is 5.91. The molecule has 0 N–H and O–H groups in total. The van der Waals surface area contributed by atoms with E-state index in [2.05, 4.69) is 24.2 Å². The first-order valence-corrected chi connectivity index (χ1v) is 8.88. The van der Waals surface area contributed by atoms with Crippen LogP contribution in [-0.2, 0) is 10.0 Å². The molecule has 0 amide bonds. The van der Waals surface area contributed by atoms with Gasteiger partial charge >= 0.3 is 0 Å². The first-order valence-electron chi connectivity index (χ1n) is 7.44. The highest BCUT2D eigenvalue weighted by Crippen LogP contribution is 2.27. The van der Waals surface area contributed by atoms with Crippen LogP contribution in [0.4, 0.5) is 0 Å². The first-order chi connectivity index (χ1) is 10.5. The van der Waals surface area contributed by atoms with E-state index in [0.717, 1.165) is 12.0 Å². The van der Waals surface area contributed by atoms with Gasteiger partial charge in [-0.25, -0.2) is 13.1 Å². The van der Waals surface area contributed by atoms with Gasteiger partial charge in [-0.1, -0.05) is 31.2 Å². The monoisotopic (exact) mass is 320 g/mol. The molecule has 1 aliphatic rings. The zero-order chi connectivity index (χ0) is 15.7. The summed E-state index contributed by atoms with van der Waals surface area (Å²) >= 11 is 0. The standard InChI is InChI=1S/C15H20N4O2S/c1-12(2)13-3-5-15(6-4-13)22(20,21)18-9-7-14(11-18)19-10-8-16-17-19/h3-6,8,10,12,14H,7,9,11H2,1-2H3. The lowest BCUT2D eigenvalue weighted by atomic mass is 10.0. The lowest BCUT2D eigenvalue weighted by Crippen LogP contribution is -2.29. The largest absolute Gasteiger partial charge is 0.248 e. The van der Waals surface area contributed by atoms with E-state index >= 15 is 0 Å². The molecule has 1 fully saturated rings. The maximum absolute atomic E-state index is 12.7. The predicted octanol–water partition coefficient (Wildman–Crippen LogP) is 2.04. The summed E-state index contributed by atoms with van der Waals surface area (Å²) < 4.78 is 28.7. The molecule has 0 radical (unpaired) electrons. The van der Waals surface area contributed by atoms with E-state index in [4.69, 9.17) is 0 Å². The second kappa shape index (κ2) is 5.81. The van der Waals surface area contributed by atoms with Crippen LogP contribution in [0.2, 0.25) is 0 Å². The normalized spacial score (nSPS) is 19.9. The third-order valence-electron chi connectivity index (χ3n) is 4.13. The van der Waals surface area contributed by atoms with Gasteiger partial charge in [0.15, 0.2) is 0 Å². The van der Waals surface area contributed by atoms with Crippen LogP contribution in [0.15, 0.2) is 41.6 Å². The minimum atomic E-state index is -3.43. The van der Waals surface area contributed by atoms with Crippen molar-refractivity contribution in [3.63, 3.8) is 0 Å². The fourth-order valence-electron chi connectivity index (χ4n) is 2.73. The minimum absolute atomic E-state index is 0.0622. The Morgan fingerprint density at radius 2 is 1.95 bits per heavy atom. The molecule has 1 unspecified atom stereocenters. The van der Waals surface area contributed by atoms with Crippen LogP contribution in [-0.4, -0.2) is 40.8 Å². The molecular weight excluding hydrogens is 300 g/mol. The van der Waals surface area contributed by atoms with Gasteiger partial charge in [-0.05, 0) is 30.0 Å². The summed E-state index contributed by atoms with van der Waals surface area (Å²) in [6.45, 7) is 5.13. The maximum atomic E-state index is 12.7. The molecular formula is C15H20N4O2S. The van der Waals surface area contributed by atoms with E-state index in [1.165, 1.54) is 4.31 Å². The number of benzene rings is 1. The number of aromatic nitrogens is 3. The maximum Gasteiger partial charge on any atom is 0.243 e. The summed E-state index contributed by atoms with van der Waals surface area (Å²) in [6, 6.07) is 7.25. The van der Waals surface area contributed by atoms with E-state index in [1.807, 2.05) is 12.1 Å². The average Bonchev–Trinajstić information content (AvgIpc) is 3.18. The third-order valence-corrected chi connectivity index (χ3v) is 6.01. The van der Waals surface area contributed by atoms with Gasteiger partial charge in [0, 0.05) is 19.3 Å². The molecule has 0 aliphatic carbocycles. The molecule has 1 aromatic carbocycles. The zero-order valence-corrected chi connectivity index (χ0v) is 13.6. The molecule has 3 rings (SSSR count). The lowest BCUT2D eigenvalue weighted by molar-refractivity contribution is 0.428. The fourth-order valence-corrected chi connectivity index (χ4v) is 4.22. The van der Waals surface area contributed by atoms with Gasteiger partial charge in [-0.3, -0.25) is 0 Å². The molecule has 1 aromatic heterocycles. The SMILES string of the molecule is CC(C)c1ccc(S(=O)(=O)N2CCC(n3ccnn3)C2)cc1. The highest BCUT2D eigenvalue weighted by molar-refractivity contribution is 7.89. The quantitative estimate of drug-likeness (QED) is 0.864. The fraction of sp³-hybridized carbons (Fsp3) is 0.467. The van der Waals surface area contributed by atoms with Crippen LogP contribution in [0.25, 0.3) is 0 Å². The Morgan fingerprint density at radius 1 is 1.23 bits per heavy atom. The Labute approximate surface area is 130 Å². The van der Waals surface area contributed by atoms with Gasteiger partial charge in [-0.2, -0.15) is 4.31 Å². The number of rotatable bonds is 4.